The summed E-state index contributed by atoms with van der Waals surface area (Å²) >= 11 is 6.63. The molecule has 7 heteroatoms. The molecule has 4 nitrogen and oxygen atoms in total. The normalized spacial score (nSPS) is 15.3. The Kier molecular flexibility index (Phi) is 5.67. The van der Waals surface area contributed by atoms with E-state index in [2.05, 4.69) is 25.9 Å². The van der Waals surface area contributed by atoms with Crippen LogP contribution < -0.4 is 5.32 Å². The first kappa shape index (κ1) is 20.5. The Morgan fingerprint density at radius 1 is 1.10 bits per heavy atom. The molecule has 0 aliphatic carbocycles. The van der Waals surface area contributed by atoms with Gasteiger partial charge in [0.2, 0.25) is 0 Å². The molecule has 2 aromatic carbocycles. The molecule has 0 unspecified atom stereocenters. The van der Waals surface area contributed by atoms with E-state index in [1.807, 2.05) is 18.3 Å². The van der Waals surface area contributed by atoms with Gasteiger partial charge in [0.1, 0.15) is 5.82 Å². The second kappa shape index (κ2) is 8.60. The Hall–Kier alpha value is -2.44. The highest BCUT2D eigenvalue weighted by molar-refractivity contribution is 6.36. The number of H-pyrrole nitrogens is 1. The van der Waals surface area contributed by atoms with Crippen molar-refractivity contribution >= 4 is 33.5 Å². The maximum absolute atomic E-state index is 13.6. The molecule has 0 bridgehead atoms. The monoisotopic (exact) mass is 442 g/mol. The fraction of sp³-hybridized carbons (Fsp3) is 0.375. The van der Waals surface area contributed by atoms with E-state index >= 15 is 0 Å². The molecule has 0 radical (unpaired) electrons. The molecule has 0 amide bonds. The van der Waals surface area contributed by atoms with Crippen molar-refractivity contribution in [2.75, 3.05) is 13.1 Å². The van der Waals surface area contributed by atoms with Gasteiger partial charge >= 0.3 is 0 Å². The van der Waals surface area contributed by atoms with Crippen molar-refractivity contribution in [3.05, 3.63) is 53.2 Å². The number of unbranched alkanes of at least 4 members (excludes halogenated alkanes) is 1. The third kappa shape index (κ3) is 4.06. The number of halogens is 3. The van der Waals surface area contributed by atoms with Crippen LogP contribution in [0.2, 0.25) is 5.02 Å². The lowest BCUT2D eigenvalue weighted by Gasteiger charge is -2.22. The fourth-order valence-electron chi connectivity index (χ4n) is 4.70. The number of piperidine rings is 1. The Balaban J connectivity index is 1.39. The second-order valence-electron chi connectivity index (χ2n) is 8.43. The third-order valence-corrected chi connectivity index (χ3v) is 6.65. The number of aryl methyl sites for hydroxylation is 1. The van der Waals surface area contributed by atoms with Crippen molar-refractivity contribution in [3.63, 3.8) is 0 Å². The van der Waals surface area contributed by atoms with Crippen LogP contribution in [0.5, 0.6) is 0 Å². The van der Waals surface area contributed by atoms with E-state index in [9.17, 15) is 8.78 Å². The van der Waals surface area contributed by atoms with E-state index in [4.69, 9.17) is 11.6 Å². The quantitative estimate of drug-likeness (QED) is 0.345. The average molecular weight is 443 g/mol. The molecule has 1 aliphatic rings. The number of rotatable bonds is 6. The van der Waals surface area contributed by atoms with Gasteiger partial charge in [-0.3, -0.25) is 0 Å². The smallest absolute Gasteiger partial charge is 0.161 e. The molecule has 1 fully saturated rings. The molecule has 1 aliphatic heterocycles. The van der Waals surface area contributed by atoms with Gasteiger partial charge in [-0.1, -0.05) is 36.6 Å². The van der Waals surface area contributed by atoms with Gasteiger partial charge in [-0.05, 0) is 44.3 Å². The molecule has 3 heterocycles. The van der Waals surface area contributed by atoms with Crippen LogP contribution in [0.1, 0.15) is 32.1 Å². The largest absolute Gasteiger partial charge is 0.346 e. The maximum atomic E-state index is 13.6. The number of nitrogens with zero attached hydrogens (tertiary/aromatic N) is 2. The van der Waals surface area contributed by atoms with E-state index in [0.29, 0.717) is 21.9 Å². The SMILES string of the molecule is Fc1cc2nc(-c3cccc4c3c(Cl)cn4CCCCC3CCNCC3)[nH]c2cc1F. The third-order valence-electron chi connectivity index (χ3n) is 6.36. The summed E-state index contributed by atoms with van der Waals surface area (Å²) in [5.74, 6) is -0.399. The van der Waals surface area contributed by atoms with Crippen LogP contribution in [0.25, 0.3) is 33.3 Å². The standard InChI is InChI=1S/C24H25ClF2N4/c25-17-14-31(11-2-1-4-15-7-9-28-10-8-15)22-6-3-5-16(23(17)22)24-29-20-12-18(26)19(27)13-21(20)30-24/h3,5-6,12-15,28H,1-2,4,7-11H2,(H,29,30). The van der Waals surface area contributed by atoms with Crippen LogP contribution in [0.15, 0.2) is 36.5 Å². The number of aromatic nitrogens is 3. The topological polar surface area (TPSA) is 45.6 Å². The number of nitrogens with one attached hydrogen (secondary N) is 2. The van der Waals surface area contributed by atoms with Gasteiger partial charge in [-0.2, -0.15) is 0 Å². The van der Waals surface area contributed by atoms with Crippen LogP contribution in [-0.4, -0.2) is 27.6 Å². The number of benzene rings is 2. The molecule has 0 saturated carbocycles. The summed E-state index contributed by atoms with van der Waals surface area (Å²) in [6, 6.07) is 8.20. The van der Waals surface area contributed by atoms with Gasteiger partial charge in [-0.15, -0.1) is 0 Å². The summed E-state index contributed by atoms with van der Waals surface area (Å²) in [5.41, 5.74) is 2.72. The van der Waals surface area contributed by atoms with Crippen molar-refractivity contribution in [2.45, 2.75) is 38.6 Å². The minimum atomic E-state index is -0.905. The molecule has 2 aromatic heterocycles. The summed E-state index contributed by atoms with van der Waals surface area (Å²) in [6.45, 7) is 3.20. The number of imidazole rings is 1. The second-order valence-corrected chi connectivity index (χ2v) is 8.84. The molecular formula is C24H25ClF2N4. The Morgan fingerprint density at radius 2 is 1.90 bits per heavy atom. The summed E-state index contributed by atoms with van der Waals surface area (Å²) in [7, 11) is 0. The van der Waals surface area contributed by atoms with Crippen molar-refractivity contribution < 1.29 is 8.78 Å². The summed E-state index contributed by atoms with van der Waals surface area (Å²) < 4.78 is 29.4. The van der Waals surface area contributed by atoms with Gasteiger partial charge in [-0.25, -0.2) is 13.8 Å². The minimum absolute atomic E-state index is 0.388. The van der Waals surface area contributed by atoms with Gasteiger partial charge in [0.05, 0.1) is 21.6 Å². The lowest BCUT2D eigenvalue weighted by atomic mass is 9.92. The van der Waals surface area contributed by atoms with Crippen LogP contribution in [0.3, 0.4) is 0 Å². The minimum Gasteiger partial charge on any atom is -0.346 e. The molecule has 162 valence electrons. The first-order valence-corrected chi connectivity index (χ1v) is 11.3. The molecule has 31 heavy (non-hydrogen) atoms. The van der Waals surface area contributed by atoms with Crippen LogP contribution in [-0.2, 0) is 6.54 Å². The highest BCUT2D eigenvalue weighted by Crippen LogP contribution is 2.35. The summed E-state index contributed by atoms with van der Waals surface area (Å²) in [5, 5.41) is 4.98. The van der Waals surface area contributed by atoms with E-state index < -0.39 is 11.6 Å². The first-order valence-electron chi connectivity index (χ1n) is 10.9. The van der Waals surface area contributed by atoms with Gasteiger partial charge in [0.25, 0.3) is 0 Å². The van der Waals surface area contributed by atoms with E-state index in [1.165, 1.54) is 25.7 Å². The summed E-state index contributed by atoms with van der Waals surface area (Å²) in [6.07, 6.45) is 8.15. The Morgan fingerprint density at radius 3 is 2.74 bits per heavy atom. The molecule has 0 atom stereocenters. The van der Waals surface area contributed by atoms with Gasteiger partial charge < -0.3 is 14.9 Å². The number of hydrogen-bond donors (Lipinski definition) is 2. The highest BCUT2D eigenvalue weighted by Gasteiger charge is 2.17. The number of fused-ring (bicyclic) bond motifs is 2. The fourth-order valence-corrected chi connectivity index (χ4v) is 5.02. The summed E-state index contributed by atoms with van der Waals surface area (Å²) in [4.78, 5) is 7.58. The van der Waals surface area contributed by atoms with Crippen LogP contribution in [0, 0.1) is 17.6 Å². The predicted molar refractivity (Wildman–Crippen MR) is 121 cm³/mol. The zero-order chi connectivity index (χ0) is 21.4. The molecular weight excluding hydrogens is 418 g/mol. The maximum Gasteiger partial charge on any atom is 0.161 e. The lowest BCUT2D eigenvalue weighted by Crippen LogP contribution is -2.27. The molecule has 1 saturated heterocycles. The van der Waals surface area contributed by atoms with E-state index in [0.717, 1.165) is 60.6 Å². The van der Waals surface area contributed by atoms with Gasteiger partial charge in [0, 0.05) is 35.8 Å². The lowest BCUT2D eigenvalue weighted by molar-refractivity contribution is 0.341. The molecule has 4 aromatic rings. The van der Waals surface area contributed by atoms with Crippen molar-refractivity contribution in [1.29, 1.82) is 0 Å². The number of aromatic amines is 1. The van der Waals surface area contributed by atoms with Crippen molar-refractivity contribution in [2.24, 2.45) is 5.92 Å². The van der Waals surface area contributed by atoms with Gasteiger partial charge in [0.15, 0.2) is 11.6 Å². The Bertz CT molecular complexity index is 1180. The van der Waals surface area contributed by atoms with Crippen molar-refractivity contribution in [3.8, 4) is 11.4 Å². The average Bonchev–Trinajstić information content (AvgIpc) is 3.33. The molecule has 2 N–H and O–H groups in total. The van der Waals surface area contributed by atoms with Crippen molar-refractivity contribution in [1.82, 2.24) is 19.9 Å². The van der Waals surface area contributed by atoms with Crippen LogP contribution in [0.4, 0.5) is 8.78 Å². The first-order chi connectivity index (χ1) is 15.1. The van der Waals surface area contributed by atoms with E-state index in [1.54, 1.807) is 0 Å². The molecule has 5 rings (SSSR count). The Labute approximate surface area is 184 Å². The zero-order valence-electron chi connectivity index (χ0n) is 17.2. The van der Waals surface area contributed by atoms with Crippen LogP contribution >= 0.6 is 11.6 Å². The predicted octanol–water partition coefficient (Wildman–Crippen LogP) is 6.29. The number of hydrogen-bond acceptors (Lipinski definition) is 2. The molecule has 0 spiro atoms. The zero-order valence-corrected chi connectivity index (χ0v) is 18.0. The van der Waals surface area contributed by atoms with E-state index in [-0.39, 0.29) is 0 Å². The highest BCUT2D eigenvalue weighted by atomic mass is 35.5.